The number of carbonyl (C=O) groups excluding carboxylic acids is 2. The van der Waals surface area contributed by atoms with Gasteiger partial charge in [0.2, 0.25) is 0 Å². The van der Waals surface area contributed by atoms with Crippen LogP contribution in [0.2, 0.25) is 0 Å². The second-order valence-corrected chi connectivity index (χ2v) is 4.79. The van der Waals surface area contributed by atoms with E-state index in [1.807, 2.05) is 26.0 Å². The molecule has 0 bridgehead atoms. The van der Waals surface area contributed by atoms with E-state index in [0.29, 0.717) is 29.4 Å². The van der Waals surface area contributed by atoms with Crippen molar-refractivity contribution in [1.29, 1.82) is 5.26 Å². The molecule has 23 heavy (non-hydrogen) atoms. The van der Waals surface area contributed by atoms with Gasteiger partial charge in [-0.2, -0.15) is 5.26 Å². The highest BCUT2D eigenvalue weighted by molar-refractivity contribution is 5.79. The fourth-order valence-corrected chi connectivity index (χ4v) is 1.73. The number of phenols is 1. The molecule has 0 amide bonds. The summed E-state index contributed by atoms with van der Waals surface area (Å²) in [6, 6.07) is 12.0. The summed E-state index contributed by atoms with van der Waals surface area (Å²) >= 11 is 0. The van der Waals surface area contributed by atoms with Crippen molar-refractivity contribution in [2.75, 3.05) is 6.61 Å². The molecule has 0 fully saturated rings. The zero-order chi connectivity index (χ0) is 17.2. The van der Waals surface area contributed by atoms with Gasteiger partial charge in [-0.15, -0.1) is 0 Å². The van der Waals surface area contributed by atoms with Crippen LogP contribution in [-0.4, -0.2) is 24.3 Å². The van der Waals surface area contributed by atoms with Crippen LogP contribution in [0.4, 0.5) is 0 Å². The van der Waals surface area contributed by atoms with Crippen molar-refractivity contribution in [3.05, 3.63) is 58.7 Å². The van der Waals surface area contributed by atoms with Gasteiger partial charge in [0, 0.05) is 0 Å². The lowest BCUT2D eigenvalue weighted by atomic mass is 10.1. The quantitative estimate of drug-likeness (QED) is 0.876. The van der Waals surface area contributed by atoms with Crippen LogP contribution < -0.4 is 4.74 Å². The molecule has 1 N–H and O–H groups in total. The molecule has 2 aromatic rings. The lowest BCUT2D eigenvalue weighted by Crippen LogP contribution is -1.97. The molecule has 0 atom stereocenters. The van der Waals surface area contributed by atoms with Crippen molar-refractivity contribution < 1.29 is 19.4 Å². The number of benzene rings is 2. The molecule has 2 aromatic carbocycles. The number of nitrogens with zero attached hydrogens (tertiary/aromatic N) is 1. The van der Waals surface area contributed by atoms with Crippen LogP contribution in [0.15, 0.2) is 36.4 Å². The van der Waals surface area contributed by atoms with E-state index in [-0.39, 0.29) is 12.4 Å². The fraction of sp³-hybridized carbons (Fsp3) is 0.167. The topological polar surface area (TPSA) is 87.4 Å². The number of aldehydes is 2. The minimum atomic E-state index is -0.0374. The van der Waals surface area contributed by atoms with Crippen molar-refractivity contribution in [2.24, 2.45) is 0 Å². The molecule has 0 aliphatic rings. The first kappa shape index (κ1) is 17.9. The van der Waals surface area contributed by atoms with Gasteiger partial charge in [-0.05, 0) is 49.2 Å². The molecule has 0 heterocycles. The van der Waals surface area contributed by atoms with Gasteiger partial charge in [0.15, 0.2) is 19.2 Å². The first-order valence-electron chi connectivity index (χ1n) is 6.82. The number of carbonyl (C=O) groups is 2. The first-order valence-corrected chi connectivity index (χ1v) is 6.82. The lowest BCUT2D eigenvalue weighted by molar-refractivity contribution is 0.111. The molecule has 5 heteroatoms. The van der Waals surface area contributed by atoms with E-state index in [9.17, 15) is 9.59 Å². The maximum atomic E-state index is 10.5. The van der Waals surface area contributed by atoms with E-state index in [1.165, 1.54) is 0 Å². The molecule has 0 unspecified atom stereocenters. The number of ether oxygens (including phenoxy) is 1. The van der Waals surface area contributed by atoms with Gasteiger partial charge < -0.3 is 9.84 Å². The van der Waals surface area contributed by atoms with Gasteiger partial charge in [-0.1, -0.05) is 12.1 Å². The average molecular weight is 311 g/mol. The molecule has 118 valence electrons. The van der Waals surface area contributed by atoms with E-state index in [2.05, 4.69) is 0 Å². The molecule has 0 radical (unpaired) electrons. The predicted molar refractivity (Wildman–Crippen MR) is 85.9 cm³/mol. The number of aryl methyl sites for hydroxylation is 2. The molecule has 0 spiro atoms. The van der Waals surface area contributed by atoms with Crippen LogP contribution in [0.5, 0.6) is 11.5 Å². The molecule has 5 nitrogen and oxygen atoms in total. The molecular weight excluding hydrogens is 294 g/mol. The summed E-state index contributed by atoms with van der Waals surface area (Å²) < 4.78 is 5.07. The zero-order valence-corrected chi connectivity index (χ0v) is 12.9. The van der Waals surface area contributed by atoms with Crippen LogP contribution in [0.25, 0.3) is 0 Å². The number of rotatable bonds is 4. The average Bonchev–Trinajstić information content (AvgIpc) is 2.54. The molecule has 0 aromatic heterocycles. The smallest absolute Gasteiger partial charge is 0.174 e. The monoisotopic (exact) mass is 311 g/mol. The largest absolute Gasteiger partial charge is 0.507 e. The number of aromatic hydroxyl groups is 1. The number of hydrogen-bond donors (Lipinski definition) is 1. The zero-order valence-electron chi connectivity index (χ0n) is 12.9. The summed E-state index contributed by atoms with van der Waals surface area (Å²) in [7, 11) is 0. The standard InChI is InChI=1S/C10H9NO2.C8H8O2/c1-8-2-3-9(7-12)10(6-8)13-5-4-11;1-6-2-3-7(5-9)8(10)4-6/h2-3,6-7H,5H2,1H3;2-5,10H,1H3. The van der Waals surface area contributed by atoms with Crippen molar-refractivity contribution in [2.45, 2.75) is 13.8 Å². The van der Waals surface area contributed by atoms with Crippen molar-refractivity contribution in [3.63, 3.8) is 0 Å². The van der Waals surface area contributed by atoms with E-state index in [1.54, 1.807) is 30.3 Å². The summed E-state index contributed by atoms with van der Waals surface area (Å²) in [4.78, 5) is 20.7. The second-order valence-electron chi connectivity index (χ2n) is 4.79. The van der Waals surface area contributed by atoms with E-state index in [4.69, 9.17) is 15.1 Å². The minimum absolute atomic E-state index is 0.0374. The first-order chi connectivity index (χ1) is 11.0. The normalized spacial score (nSPS) is 9.09. The Morgan fingerprint density at radius 3 is 2.13 bits per heavy atom. The van der Waals surface area contributed by atoms with E-state index in [0.717, 1.165) is 11.1 Å². The Kier molecular flexibility index (Phi) is 7.02. The maximum absolute atomic E-state index is 10.5. The number of phenolic OH excluding ortho intramolecular Hbond substituents is 1. The van der Waals surface area contributed by atoms with E-state index >= 15 is 0 Å². The van der Waals surface area contributed by atoms with Gasteiger partial charge >= 0.3 is 0 Å². The van der Waals surface area contributed by atoms with Crippen LogP contribution in [0.3, 0.4) is 0 Å². The Balaban J connectivity index is 0.000000238. The van der Waals surface area contributed by atoms with Gasteiger partial charge in [0.25, 0.3) is 0 Å². The third-order valence-electron chi connectivity index (χ3n) is 2.90. The maximum Gasteiger partial charge on any atom is 0.174 e. The summed E-state index contributed by atoms with van der Waals surface area (Å²) in [5.74, 6) is 0.520. The van der Waals surface area contributed by atoms with Crippen molar-refractivity contribution >= 4 is 12.6 Å². The van der Waals surface area contributed by atoms with Crippen LogP contribution in [0, 0.1) is 25.2 Å². The number of nitriles is 1. The Morgan fingerprint density at radius 2 is 1.61 bits per heavy atom. The van der Waals surface area contributed by atoms with E-state index < -0.39 is 0 Å². The highest BCUT2D eigenvalue weighted by Crippen LogP contribution is 2.18. The number of hydrogen-bond acceptors (Lipinski definition) is 5. The molecule has 0 saturated heterocycles. The molecule has 2 rings (SSSR count). The highest BCUT2D eigenvalue weighted by Gasteiger charge is 2.02. The Bertz CT molecular complexity index is 732. The molecule has 0 aliphatic heterocycles. The third kappa shape index (κ3) is 5.64. The Labute approximate surface area is 134 Å². The third-order valence-corrected chi connectivity index (χ3v) is 2.90. The molecule has 0 saturated carbocycles. The van der Waals surface area contributed by atoms with Crippen LogP contribution >= 0.6 is 0 Å². The summed E-state index contributed by atoms with van der Waals surface area (Å²) in [6.07, 6.45) is 1.35. The lowest BCUT2D eigenvalue weighted by Gasteiger charge is -2.04. The highest BCUT2D eigenvalue weighted by atomic mass is 16.5. The van der Waals surface area contributed by atoms with Gasteiger partial charge in [0.1, 0.15) is 17.6 Å². The Hall–Kier alpha value is -3.13. The second kappa shape index (κ2) is 9.00. The summed E-state index contributed by atoms with van der Waals surface area (Å²) in [5, 5.41) is 17.4. The predicted octanol–water partition coefficient (Wildman–Crippen LogP) is 3.22. The van der Waals surface area contributed by atoms with Crippen LogP contribution in [-0.2, 0) is 0 Å². The molecule has 0 aliphatic carbocycles. The SMILES string of the molecule is Cc1ccc(C=O)c(O)c1.Cc1ccc(C=O)c(OCC#N)c1. The molecular formula is C18H17NO4. The van der Waals surface area contributed by atoms with Crippen molar-refractivity contribution in [3.8, 4) is 17.6 Å². The van der Waals surface area contributed by atoms with Gasteiger partial charge in [0.05, 0.1) is 11.1 Å². The Morgan fingerprint density at radius 1 is 1.04 bits per heavy atom. The summed E-state index contributed by atoms with van der Waals surface area (Å²) in [6.45, 7) is 3.71. The van der Waals surface area contributed by atoms with Crippen molar-refractivity contribution in [1.82, 2.24) is 0 Å². The van der Waals surface area contributed by atoms with Gasteiger partial charge in [-0.25, -0.2) is 0 Å². The fourth-order valence-electron chi connectivity index (χ4n) is 1.73. The van der Waals surface area contributed by atoms with Crippen LogP contribution in [0.1, 0.15) is 31.8 Å². The summed E-state index contributed by atoms with van der Waals surface area (Å²) in [5.41, 5.74) is 2.76. The van der Waals surface area contributed by atoms with Gasteiger partial charge in [-0.3, -0.25) is 9.59 Å². The minimum Gasteiger partial charge on any atom is -0.507 e.